The third kappa shape index (κ3) is 2.10. The van der Waals surface area contributed by atoms with E-state index in [9.17, 15) is 0 Å². The van der Waals surface area contributed by atoms with Gasteiger partial charge in [-0.15, -0.1) is 11.3 Å². The number of piperazine rings is 1. The fraction of sp³-hybridized carbons (Fsp3) is 0.667. The highest BCUT2D eigenvalue weighted by molar-refractivity contribution is 7.10. The molecule has 1 atom stereocenters. The minimum atomic E-state index is 0.729. The van der Waals surface area contributed by atoms with E-state index in [0.29, 0.717) is 0 Å². The molecule has 2 heterocycles. The van der Waals surface area contributed by atoms with Crippen LogP contribution in [0.3, 0.4) is 0 Å². The second-order valence-corrected chi connectivity index (χ2v) is 5.56. The molecule has 0 amide bonds. The number of hydrogen-bond acceptors (Lipinski definition) is 3. The van der Waals surface area contributed by atoms with Crippen LogP contribution in [-0.2, 0) is 0 Å². The van der Waals surface area contributed by atoms with E-state index >= 15 is 0 Å². The Kier molecular flexibility index (Phi) is 2.77. The Labute approximate surface area is 95.3 Å². The van der Waals surface area contributed by atoms with E-state index < -0.39 is 0 Å². The summed E-state index contributed by atoms with van der Waals surface area (Å²) in [5.74, 6) is 0.946. The van der Waals surface area contributed by atoms with E-state index in [1.807, 2.05) is 11.3 Å². The SMILES string of the molecule is c1csc([C@H](C2CC2)N2CCNCC2)c1. The largest absolute Gasteiger partial charge is 0.314 e. The molecule has 0 aromatic carbocycles. The molecule has 1 aliphatic heterocycles. The van der Waals surface area contributed by atoms with E-state index in [-0.39, 0.29) is 0 Å². The van der Waals surface area contributed by atoms with Crippen LogP contribution in [0.5, 0.6) is 0 Å². The minimum absolute atomic E-state index is 0.729. The third-order valence-corrected chi connectivity index (χ3v) is 4.39. The summed E-state index contributed by atoms with van der Waals surface area (Å²) in [6, 6.07) is 5.24. The second-order valence-electron chi connectivity index (χ2n) is 4.58. The van der Waals surface area contributed by atoms with Gasteiger partial charge in [0.2, 0.25) is 0 Å². The van der Waals surface area contributed by atoms with Gasteiger partial charge in [0, 0.05) is 37.1 Å². The molecule has 3 rings (SSSR count). The fourth-order valence-electron chi connectivity index (χ4n) is 2.54. The number of nitrogens with zero attached hydrogens (tertiary/aromatic N) is 1. The zero-order chi connectivity index (χ0) is 10.1. The summed E-state index contributed by atoms with van der Waals surface area (Å²) in [7, 11) is 0. The molecule has 1 saturated carbocycles. The van der Waals surface area contributed by atoms with Crippen LogP contribution in [0, 0.1) is 5.92 Å². The highest BCUT2D eigenvalue weighted by atomic mass is 32.1. The van der Waals surface area contributed by atoms with Crippen LogP contribution in [0.15, 0.2) is 17.5 Å². The molecule has 1 aromatic heterocycles. The monoisotopic (exact) mass is 222 g/mol. The molecule has 2 nitrogen and oxygen atoms in total. The van der Waals surface area contributed by atoms with Gasteiger partial charge in [-0.1, -0.05) is 6.07 Å². The van der Waals surface area contributed by atoms with Crippen LogP contribution >= 0.6 is 11.3 Å². The second kappa shape index (κ2) is 4.24. The topological polar surface area (TPSA) is 15.3 Å². The average Bonchev–Trinajstić information content (AvgIpc) is 2.96. The molecule has 1 N–H and O–H groups in total. The number of rotatable bonds is 3. The van der Waals surface area contributed by atoms with Gasteiger partial charge in [-0.05, 0) is 30.2 Å². The molecule has 2 fully saturated rings. The van der Waals surface area contributed by atoms with Crippen molar-refractivity contribution in [3.05, 3.63) is 22.4 Å². The Morgan fingerprint density at radius 2 is 2.13 bits per heavy atom. The van der Waals surface area contributed by atoms with Crippen LogP contribution in [0.25, 0.3) is 0 Å². The molecule has 1 aliphatic carbocycles. The standard InChI is InChI=1S/C12H18N2S/c1-2-11(15-9-1)12(10-3-4-10)14-7-5-13-6-8-14/h1-2,9-10,12-13H,3-8H2/t12-/m0/s1. The Bertz CT molecular complexity index is 299. The Hall–Kier alpha value is -0.380. The number of thiophene rings is 1. The lowest BCUT2D eigenvalue weighted by Gasteiger charge is -2.34. The summed E-state index contributed by atoms with van der Waals surface area (Å²) < 4.78 is 0. The highest BCUT2D eigenvalue weighted by Crippen LogP contribution is 2.45. The van der Waals surface area contributed by atoms with Gasteiger partial charge < -0.3 is 5.32 Å². The van der Waals surface area contributed by atoms with Crippen molar-refractivity contribution in [2.75, 3.05) is 26.2 Å². The first-order valence-corrected chi connectivity index (χ1v) is 6.81. The zero-order valence-electron chi connectivity index (χ0n) is 8.98. The van der Waals surface area contributed by atoms with Gasteiger partial charge >= 0.3 is 0 Å². The van der Waals surface area contributed by atoms with E-state index in [1.54, 1.807) is 4.88 Å². The fourth-order valence-corrected chi connectivity index (χ4v) is 3.49. The number of nitrogens with one attached hydrogen (secondary N) is 1. The molecule has 3 heteroatoms. The lowest BCUT2D eigenvalue weighted by atomic mass is 10.1. The molecule has 0 spiro atoms. The summed E-state index contributed by atoms with van der Waals surface area (Å²) >= 11 is 1.93. The lowest BCUT2D eigenvalue weighted by molar-refractivity contribution is 0.159. The maximum Gasteiger partial charge on any atom is 0.0470 e. The van der Waals surface area contributed by atoms with Gasteiger partial charge in [0.15, 0.2) is 0 Å². The molecular formula is C12H18N2S. The lowest BCUT2D eigenvalue weighted by Crippen LogP contribution is -2.45. The Morgan fingerprint density at radius 3 is 2.73 bits per heavy atom. The maximum atomic E-state index is 3.44. The van der Waals surface area contributed by atoms with Crippen molar-refractivity contribution in [1.82, 2.24) is 10.2 Å². The van der Waals surface area contributed by atoms with Crippen LogP contribution < -0.4 is 5.32 Å². The third-order valence-electron chi connectivity index (χ3n) is 3.45. The van der Waals surface area contributed by atoms with Crippen molar-refractivity contribution in [2.24, 2.45) is 5.92 Å². The zero-order valence-corrected chi connectivity index (χ0v) is 9.80. The van der Waals surface area contributed by atoms with E-state index in [4.69, 9.17) is 0 Å². The van der Waals surface area contributed by atoms with Crippen molar-refractivity contribution in [3.8, 4) is 0 Å². The van der Waals surface area contributed by atoms with E-state index in [2.05, 4.69) is 27.7 Å². The highest BCUT2D eigenvalue weighted by Gasteiger charge is 2.37. The molecule has 82 valence electrons. The minimum Gasteiger partial charge on any atom is -0.314 e. The predicted molar refractivity (Wildman–Crippen MR) is 64.2 cm³/mol. The van der Waals surface area contributed by atoms with Gasteiger partial charge in [0.1, 0.15) is 0 Å². The van der Waals surface area contributed by atoms with Crippen molar-refractivity contribution >= 4 is 11.3 Å². The van der Waals surface area contributed by atoms with E-state index in [1.165, 1.54) is 25.9 Å². The summed E-state index contributed by atoms with van der Waals surface area (Å²) in [6.07, 6.45) is 2.87. The van der Waals surface area contributed by atoms with Crippen LogP contribution in [-0.4, -0.2) is 31.1 Å². The molecule has 1 saturated heterocycles. The summed E-state index contributed by atoms with van der Waals surface area (Å²) in [5.41, 5.74) is 0. The summed E-state index contributed by atoms with van der Waals surface area (Å²) in [5, 5.41) is 5.65. The van der Waals surface area contributed by atoms with Crippen LogP contribution in [0.1, 0.15) is 23.8 Å². The Morgan fingerprint density at radius 1 is 1.33 bits per heavy atom. The summed E-state index contributed by atoms with van der Waals surface area (Å²) in [4.78, 5) is 4.26. The van der Waals surface area contributed by atoms with Crippen molar-refractivity contribution in [2.45, 2.75) is 18.9 Å². The molecular weight excluding hydrogens is 204 g/mol. The smallest absolute Gasteiger partial charge is 0.0470 e. The molecule has 0 radical (unpaired) electrons. The first-order chi connectivity index (χ1) is 7.45. The molecule has 0 bridgehead atoms. The van der Waals surface area contributed by atoms with Crippen LogP contribution in [0.2, 0.25) is 0 Å². The average molecular weight is 222 g/mol. The normalized spacial score (nSPS) is 25.3. The maximum absolute atomic E-state index is 3.44. The number of hydrogen-bond donors (Lipinski definition) is 1. The van der Waals surface area contributed by atoms with Gasteiger partial charge in [0.25, 0.3) is 0 Å². The van der Waals surface area contributed by atoms with Gasteiger partial charge in [-0.2, -0.15) is 0 Å². The Balaban J connectivity index is 1.77. The molecule has 15 heavy (non-hydrogen) atoms. The van der Waals surface area contributed by atoms with Crippen LogP contribution in [0.4, 0.5) is 0 Å². The predicted octanol–water partition coefficient (Wildman–Crippen LogP) is 2.10. The van der Waals surface area contributed by atoms with Crippen molar-refractivity contribution in [3.63, 3.8) is 0 Å². The molecule has 1 aromatic rings. The first kappa shape index (κ1) is 9.82. The van der Waals surface area contributed by atoms with Crippen molar-refractivity contribution < 1.29 is 0 Å². The molecule has 2 aliphatic rings. The summed E-state index contributed by atoms with van der Waals surface area (Å²) in [6.45, 7) is 4.77. The van der Waals surface area contributed by atoms with E-state index in [0.717, 1.165) is 25.0 Å². The van der Waals surface area contributed by atoms with Gasteiger partial charge in [0.05, 0.1) is 0 Å². The quantitative estimate of drug-likeness (QED) is 0.842. The van der Waals surface area contributed by atoms with Gasteiger partial charge in [-0.3, -0.25) is 4.90 Å². The van der Waals surface area contributed by atoms with Crippen molar-refractivity contribution in [1.29, 1.82) is 0 Å². The molecule has 0 unspecified atom stereocenters. The first-order valence-electron chi connectivity index (χ1n) is 5.93. The van der Waals surface area contributed by atoms with Gasteiger partial charge in [-0.25, -0.2) is 0 Å².